The first kappa shape index (κ1) is 14.8. The molecule has 3 heteroatoms. The molecule has 0 heterocycles. The Morgan fingerprint density at radius 3 is 2.55 bits per heavy atom. The van der Waals surface area contributed by atoms with Crippen molar-refractivity contribution >= 4 is 22.2 Å². The van der Waals surface area contributed by atoms with Crippen LogP contribution in [0.15, 0.2) is 42.5 Å². The van der Waals surface area contributed by atoms with Gasteiger partial charge in [0.15, 0.2) is 0 Å². The van der Waals surface area contributed by atoms with E-state index in [0.717, 1.165) is 28.9 Å². The summed E-state index contributed by atoms with van der Waals surface area (Å²) in [6, 6.07) is 13.7. The lowest BCUT2D eigenvalue weighted by molar-refractivity contribution is -0.108. The smallest absolute Gasteiger partial charge is 0.131 e. The molecule has 0 aliphatic carbocycles. The Bertz CT molecular complexity index is 608. The third-order valence-electron chi connectivity index (χ3n) is 3.20. The third-order valence-corrected chi connectivity index (χ3v) is 3.90. The Morgan fingerprint density at radius 2 is 1.90 bits per heavy atom. The third kappa shape index (κ3) is 3.28. The van der Waals surface area contributed by atoms with Crippen LogP contribution in [-0.4, -0.2) is 11.6 Å². The van der Waals surface area contributed by atoms with Crippen molar-refractivity contribution in [2.75, 3.05) is 5.33 Å². The second-order valence-electron chi connectivity index (χ2n) is 4.81. The molecule has 2 aromatic carbocycles. The van der Waals surface area contributed by atoms with Gasteiger partial charge in [0.1, 0.15) is 17.8 Å². The lowest BCUT2D eigenvalue weighted by Crippen LogP contribution is -2.04. The number of aldehydes is 1. The average molecular weight is 333 g/mol. The van der Waals surface area contributed by atoms with Crippen LogP contribution in [0.4, 0.5) is 0 Å². The Balaban J connectivity index is 2.36. The molecule has 20 heavy (non-hydrogen) atoms. The standard InChI is InChI=1S/C17H17BrO2/c1-12-7-8-16(13(2)9-12)20-17-6-4-3-5-15(17)14(10-18)11-19/h3-9,11,14H,10H2,1-2H3. The predicted octanol–water partition coefficient (Wildman–Crippen LogP) is 4.77. The van der Waals surface area contributed by atoms with E-state index in [2.05, 4.69) is 28.9 Å². The number of aryl methyl sites for hydroxylation is 2. The average Bonchev–Trinajstić information content (AvgIpc) is 2.45. The minimum absolute atomic E-state index is 0.197. The zero-order chi connectivity index (χ0) is 14.5. The monoisotopic (exact) mass is 332 g/mol. The molecule has 0 bridgehead atoms. The van der Waals surface area contributed by atoms with Crippen molar-refractivity contribution in [2.45, 2.75) is 19.8 Å². The summed E-state index contributed by atoms with van der Waals surface area (Å²) in [7, 11) is 0. The highest BCUT2D eigenvalue weighted by Gasteiger charge is 2.15. The van der Waals surface area contributed by atoms with Crippen LogP contribution < -0.4 is 4.74 Å². The number of hydrogen-bond acceptors (Lipinski definition) is 2. The number of ether oxygens (including phenoxy) is 1. The van der Waals surface area contributed by atoms with E-state index in [1.165, 1.54) is 5.56 Å². The van der Waals surface area contributed by atoms with E-state index >= 15 is 0 Å². The van der Waals surface area contributed by atoms with Crippen LogP contribution in [0.1, 0.15) is 22.6 Å². The van der Waals surface area contributed by atoms with Gasteiger partial charge in [-0.1, -0.05) is 51.8 Å². The molecule has 0 amide bonds. The lowest BCUT2D eigenvalue weighted by atomic mass is 10.0. The predicted molar refractivity (Wildman–Crippen MR) is 85.0 cm³/mol. The summed E-state index contributed by atoms with van der Waals surface area (Å²) < 4.78 is 6.00. The number of benzene rings is 2. The van der Waals surface area contributed by atoms with Gasteiger partial charge < -0.3 is 9.53 Å². The summed E-state index contributed by atoms with van der Waals surface area (Å²) in [5, 5.41) is 0.587. The highest BCUT2D eigenvalue weighted by molar-refractivity contribution is 9.09. The maximum atomic E-state index is 11.2. The van der Waals surface area contributed by atoms with Crippen molar-refractivity contribution in [1.29, 1.82) is 0 Å². The fourth-order valence-electron chi connectivity index (χ4n) is 2.10. The van der Waals surface area contributed by atoms with Gasteiger partial charge in [0.05, 0.1) is 5.92 Å². The number of rotatable bonds is 5. The van der Waals surface area contributed by atoms with Crippen molar-refractivity contribution in [3.8, 4) is 11.5 Å². The number of hydrogen-bond donors (Lipinski definition) is 0. The molecule has 0 saturated carbocycles. The molecule has 2 aromatic rings. The second-order valence-corrected chi connectivity index (χ2v) is 5.45. The molecular weight excluding hydrogens is 316 g/mol. The van der Waals surface area contributed by atoms with Gasteiger partial charge in [-0.15, -0.1) is 0 Å². The first-order chi connectivity index (χ1) is 9.65. The SMILES string of the molecule is Cc1ccc(Oc2ccccc2C(C=O)CBr)c(C)c1. The summed E-state index contributed by atoms with van der Waals surface area (Å²) in [6.07, 6.45) is 0.943. The van der Waals surface area contributed by atoms with E-state index < -0.39 is 0 Å². The van der Waals surface area contributed by atoms with Crippen molar-refractivity contribution in [3.63, 3.8) is 0 Å². The molecule has 0 saturated heterocycles. The first-order valence-corrected chi connectivity index (χ1v) is 7.63. The van der Waals surface area contributed by atoms with Crippen LogP contribution in [-0.2, 0) is 4.79 Å². The zero-order valence-electron chi connectivity index (χ0n) is 11.6. The maximum absolute atomic E-state index is 11.2. The number of alkyl halides is 1. The van der Waals surface area contributed by atoms with Crippen LogP contribution in [0.2, 0.25) is 0 Å². The quantitative estimate of drug-likeness (QED) is 0.582. The van der Waals surface area contributed by atoms with Crippen LogP contribution in [0.3, 0.4) is 0 Å². The van der Waals surface area contributed by atoms with Gasteiger partial charge in [0.2, 0.25) is 0 Å². The molecule has 0 aliphatic heterocycles. The van der Waals surface area contributed by atoms with E-state index in [1.807, 2.05) is 43.3 Å². The van der Waals surface area contributed by atoms with Gasteiger partial charge >= 0.3 is 0 Å². The van der Waals surface area contributed by atoms with Gasteiger partial charge in [-0.2, -0.15) is 0 Å². The number of para-hydroxylation sites is 1. The molecule has 0 fully saturated rings. The van der Waals surface area contributed by atoms with Gasteiger partial charge in [0.25, 0.3) is 0 Å². The molecule has 0 aromatic heterocycles. The van der Waals surface area contributed by atoms with Crippen molar-refractivity contribution in [2.24, 2.45) is 0 Å². The molecular formula is C17H17BrO2. The molecule has 2 nitrogen and oxygen atoms in total. The molecule has 104 valence electrons. The second kappa shape index (κ2) is 6.71. The molecule has 1 atom stereocenters. The molecule has 0 aliphatic rings. The summed E-state index contributed by atoms with van der Waals surface area (Å²) in [4.78, 5) is 11.2. The highest BCUT2D eigenvalue weighted by Crippen LogP contribution is 2.32. The topological polar surface area (TPSA) is 26.3 Å². The first-order valence-electron chi connectivity index (χ1n) is 6.51. The molecule has 1 unspecified atom stereocenters. The number of halogens is 1. The van der Waals surface area contributed by atoms with E-state index in [1.54, 1.807) is 0 Å². The summed E-state index contributed by atoms with van der Waals surface area (Å²) in [5.41, 5.74) is 3.19. The van der Waals surface area contributed by atoms with Crippen LogP contribution in [0.5, 0.6) is 11.5 Å². The Labute approximate surface area is 127 Å². The van der Waals surface area contributed by atoms with E-state index in [-0.39, 0.29) is 5.92 Å². The maximum Gasteiger partial charge on any atom is 0.131 e. The van der Waals surface area contributed by atoms with Crippen molar-refractivity contribution in [1.82, 2.24) is 0 Å². The Morgan fingerprint density at radius 1 is 1.15 bits per heavy atom. The zero-order valence-corrected chi connectivity index (χ0v) is 13.2. The highest BCUT2D eigenvalue weighted by atomic mass is 79.9. The number of carbonyl (C=O) groups excluding carboxylic acids is 1. The van der Waals surface area contributed by atoms with Crippen molar-refractivity contribution < 1.29 is 9.53 Å². The largest absolute Gasteiger partial charge is 0.457 e. The molecule has 0 spiro atoms. The Hall–Kier alpha value is -1.61. The normalized spacial score (nSPS) is 11.9. The summed E-state index contributed by atoms with van der Waals surface area (Å²) in [5.74, 6) is 1.36. The van der Waals surface area contributed by atoms with Crippen molar-refractivity contribution in [3.05, 3.63) is 59.2 Å². The van der Waals surface area contributed by atoms with Crippen LogP contribution in [0, 0.1) is 13.8 Å². The van der Waals surface area contributed by atoms with Gasteiger partial charge in [-0.05, 0) is 31.5 Å². The van der Waals surface area contributed by atoms with Crippen LogP contribution in [0.25, 0.3) is 0 Å². The summed E-state index contributed by atoms with van der Waals surface area (Å²) in [6.45, 7) is 4.07. The molecule has 0 N–H and O–H groups in total. The van der Waals surface area contributed by atoms with Gasteiger partial charge in [-0.25, -0.2) is 0 Å². The minimum atomic E-state index is -0.197. The number of carbonyl (C=O) groups is 1. The fourth-order valence-corrected chi connectivity index (χ4v) is 2.61. The minimum Gasteiger partial charge on any atom is -0.457 e. The van der Waals surface area contributed by atoms with E-state index in [9.17, 15) is 4.79 Å². The van der Waals surface area contributed by atoms with E-state index in [4.69, 9.17) is 4.74 Å². The van der Waals surface area contributed by atoms with Gasteiger partial charge in [-0.3, -0.25) is 0 Å². The molecule has 2 rings (SSSR count). The summed E-state index contributed by atoms with van der Waals surface area (Å²) >= 11 is 3.37. The fraction of sp³-hybridized carbons (Fsp3) is 0.235. The van der Waals surface area contributed by atoms with Gasteiger partial charge in [0, 0.05) is 10.9 Å². The Kier molecular flexibility index (Phi) is 4.96. The molecule has 0 radical (unpaired) electrons. The van der Waals surface area contributed by atoms with E-state index in [0.29, 0.717) is 5.33 Å². The lowest BCUT2D eigenvalue weighted by Gasteiger charge is -2.15. The van der Waals surface area contributed by atoms with Crippen LogP contribution >= 0.6 is 15.9 Å².